The van der Waals surface area contributed by atoms with Gasteiger partial charge in [-0.2, -0.15) is 0 Å². The van der Waals surface area contributed by atoms with Crippen LogP contribution in [-0.4, -0.2) is 24.2 Å². The molecule has 0 unspecified atom stereocenters. The third-order valence-corrected chi connectivity index (χ3v) is 2.13. The van der Waals surface area contributed by atoms with Gasteiger partial charge in [0.05, 0.1) is 5.70 Å². The first-order valence-electron chi connectivity index (χ1n) is 5.56. The maximum atomic E-state index is 9.16. The molecule has 90 valence electrons. The van der Waals surface area contributed by atoms with Gasteiger partial charge in [0.1, 0.15) is 5.75 Å². The van der Waals surface area contributed by atoms with E-state index in [1.165, 1.54) is 0 Å². The topological polar surface area (TPSA) is 35.5 Å². The van der Waals surface area contributed by atoms with Crippen LogP contribution < -0.4 is 5.43 Å². The molecule has 2 N–H and O–H groups in total. The van der Waals surface area contributed by atoms with Crippen molar-refractivity contribution >= 4 is 5.70 Å². The van der Waals surface area contributed by atoms with Crippen LogP contribution in [0.25, 0.3) is 5.70 Å². The predicted molar refractivity (Wildman–Crippen MR) is 69.9 cm³/mol. The smallest absolute Gasteiger partial charge is 0.115 e. The highest BCUT2D eigenvalue weighted by atomic mass is 16.3. The molecule has 0 amide bonds. The molecule has 0 radical (unpaired) electrons. The van der Waals surface area contributed by atoms with Crippen molar-refractivity contribution in [3.8, 4) is 5.75 Å². The fraction of sp³-hybridized carbons (Fsp3) is 0.385. The maximum absolute atomic E-state index is 9.16. The van der Waals surface area contributed by atoms with Gasteiger partial charge in [0.15, 0.2) is 0 Å². The average molecular weight is 222 g/mol. The van der Waals surface area contributed by atoms with E-state index in [0.29, 0.717) is 0 Å². The highest BCUT2D eigenvalue weighted by Crippen LogP contribution is 2.18. The molecule has 0 aliphatic carbocycles. The Hall–Kier alpha value is -1.48. The van der Waals surface area contributed by atoms with Crippen molar-refractivity contribution in [3.05, 3.63) is 35.9 Å². The van der Waals surface area contributed by atoms with Gasteiger partial charge in [0.2, 0.25) is 0 Å². The molecule has 0 aliphatic heterocycles. The van der Waals surface area contributed by atoms with Gasteiger partial charge in [-0.15, -0.1) is 0 Å². The summed E-state index contributed by atoms with van der Waals surface area (Å²) in [6.45, 7) is 5.98. The summed E-state index contributed by atoms with van der Waals surface area (Å²) in [5.41, 5.74) is 5.18. The van der Waals surface area contributed by atoms with Gasteiger partial charge >= 0.3 is 0 Å². The minimum atomic E-state index is 0.288. The minimum absolute atomic E-state index is 0.288. The van der Waals surface area contributed by atoms with Gasteiger partial charge < -0.3 is 10.1 Å². The van der Waals surface area contributed by atoms with E-state index < -0.39 is 0 Å². The first-order valence-corrected chi connectivity index (χ1v) is 5.56. The predicted octanol–water partition coefficient (Wildman–Crippen LogP) is 2.85. The van der Waals surface area contributed by atoms with E-state index in [4.69, 9.17) is 5.11 Å². The first kappa shape index (κ1) is 14.5. The third-order valence-electron chi connectivity index (χ3n) is 2.13. The van der Waals surface area contributed by atoms with Crippen molar-refractivity contribution in [3.63, 3.8) is 0 Å². The number of benzene rings is 1. The minimum Gasteiger partial charge on any atom is -0.508 e. The molecule has 1 aromatic carbocycles. The van der Waals surface area contributed by atoms with Crippen molar-refractivity contribution in [1.82, 2.24) is 10.4 Å². The number of nitrogens with zero attached hydrogens (tertiary/aromatic N) is 1. The van der Waals surface area contributed by atoms with E-state index in [2.05, 4.69) is 5.43 Å². The number of hydrogen-bond acceptors (Lipinski definition) is 3. The molecule has 16 heavy (non-hydrogen) atoms. The van der Waals surface area contributed by atoms with Gasteiger partial charge in [0, 0.05) is 14.1 Å². The van der Waals surface area contributed by atoms with Crippen LogP contribution in [0, 0.1) is 0 Å². The Kier molecular flexibility index (Phi) is 7.05. The van der Waals surface area contributed by atoms with Crippen LogP contribution in [-0.2, 0) is 0 Å². The van der Waals surface area contributed by atoms with Gasteiger partial charge in [-0.3, -0.25) is 0 Å². The molecule has 0 aromatic heterocycles. The van der Waals surface area contributed by atoms with E-state index in [1.807, 2.05) is 58.1 Å². The Morgan fingerprint density at radius 3 is 2.12 bits per heavy atom. The number of aromatic hydroxyl groups is 1. The zero-order valence-corrected chi connectivity index (χ0v) is 10.8. The van der Waals surface area contributed by atoms with Gasteiger partial charge in [-0.1, -0.05) is 19.9 Å². The Balaban J connectivity index is 0.00000106. The van der Waals surface area contributed by atoms with Crippen LogP contribution in [0.15, 0.2) is 30.3 Å². The highest BCUT2D eigenvalue weighted by Gasteiger charge is 2.03. The zero-order chi connectivity index (χ0) is 12.6. The van der Waals surface area contributed by atoms with E-state index >= 15 is 0 Å². The van der Waals surface area contributed by atoms with Crippen molar-refractivity contribution < 1.29 is 5.11 Å². The Bertz CT molecular complexity index is 317. The van der Waals surface area contributed by atoms with Crippen molar-refractivity contribution in [1.29, 1.82) is 0 Å². The van der Waals surface area contributed by atoms with Crippen LogP contribution in [0.3, 0.4) is 0 Å². The summed E-state index contributed by atoms with van der Waals surface area (Å²) < 4.78 is 0. The number of phenols is 1. The molecule has 3 heteroatoms. The molecule has 0 bridgehead atoms. The fourth-order valence-corrected chi connectivity index (χ4v) is 1.31. The van der Waals surface area contributed by atoms with Crippen LogP contribution in [0.2, 0.25) is 0 Å². The van der Waals surface area contributed by atoms with Gasteiger partial charge in [-0.25, -0.2) is 5.43 Å². The monoisotopic (exact) mass is 222 g/mol. The van der Waals surface area contributed by atoms with Crippen molar-refractivity contribution in [2.24, 2.45) is 0 Å². The third kappa shape index (κ3) is 3.95. The SMILES string of the molecule is C/C=C(/c1ccc(O)cc1)N(C)NC.CC. The summed E-state index contributed by atoms with van der Waals surface area (Å²) in [6.07, 6.45) is 2.02. The fourth-order valence-electron chi connectivity index (χ4n) is 1.31. The number of allylic oxidation sites excluding steroid dienone is 1. The lowest BCUT2D eigenvalue weighted by atomic mass is 10.1. The lowest BCUT2D eigenvalue weighted by Gasteiger charge is -2.21. The Labute approximate surface area is 98.4 Å². The number of rotatable bonds is 3. The number of hydrogen-bond donors (Lipinski definition) is 2. The molecular formula is C13H22N2O. The second kappa shape index (κ2) is 7.77. The van der Waals surface area contributed by atoms with Crippen LogP contribution in [0.4, 0.5) is 0 Å². The molecule has 1 rings (SSSR count). The van der Waals surface area contributed by atoms with Crippen LogP contribution in [0.1, 0.15) is 26.3 Å². The van der Waals surface area contributed by atoms with Crippen molar-refractivity contribution in [2.75, 3.05) is 14.1 Å². The number of phenolic OH excluding ortho intramolecular Hbond substituents is 1. The summed E-state index contributed by atoms with van der Waals surface area (Å²) >= 11 is 0. The second-order valence-electron chi connectivity index (χ2n) is 3.00. The standard InChI is InChI=1S/C11H16N2O.C2H6/c1-4-11(13(3)12-2)9-5-7-10(14)8-6-9;1-2/h4-8,12,14H,1-3H3;1-2H3/b11-4-;. The molecular weight excluding hydrogens is 200 g/mol. The summed E-state index contributed by atoms with van der Waals surface area (Å²) in [4.78, 5) is 0. The largest absolute Gasteiger partial charge is 0.508 e. The van der Waals surface area contributed by atoms with E-state index in [1.54, 1.807) is 12.1 Å². The average Bonchev–Trinajstić information content (AvgIpc) is 2.34. The van der Waals surface area contributed by atoms with Gasteiger partial charge in [-0.05, 0) is 36.8 Å². The molecule has 0 spiro atoms. The highest BCUT2D eigenvalue weighted by molar-refractivity contribution is 5.63. The maximum Gasteiger partial charge on any atom is 0.115 e. The summed E-state index contributed by atoms with van der Waals surface area (Å²) in [5.74, 6) is 0.288. The normalized spacial score (nSPS) is 10.4. The van der Waals surface area contributed by atoms with Crippen LogP contribution >= 0.6 is 0 Å². The zero-order valence-electron chi connectivity index (χ0n) is 10.8. The molecule has 1 aromatic rings. The van der Waals surface area contributed by atoms with Crippen molar-refractivity contribution in [2.45, 2.75) is 20.8 Å². The molecule has 0 heterocycles. The lowest BCUT2D eigenvalue weighted by molar-refractivity contribution is 0.386. The van der Waals surface area contributed by atoms with E-state index in [0.717, 1.165) is 11.3 Å². The molecule has 3 nitrogen and oxygen atoms in total. The Morgan fingerprint density at radius 2 is 1.75 bits per heavy atom. The molecule has 0 fully saturated rings. The van der Waals surface area contributed by atoms with E-state index in [-0.39, 0.29) is 5.75 Å². The van der Waals surface area contributed by atoms with Crippen LogP contribution in [0.5, 0.6) is 5.75 Å². The summed E-state index contributed by atoms with van der Waals surface area (Å²) in [6, 6.07) is 7.14. The number of hydrazine groups is 1. The second-order valence-corrected chi connectivity index (χ2v) is 3.00. The molecule has 0 saturated heterocycles. The number of nitrogens with one attached hydrogen (secondary N) is 1. The Morgan fingerprint density at radius 1 is 1.25 bits per heavy atom. The van der Waals surface area contributed by atoms with Gasteiger partial charge in [0.25, 0.3) is 0 Å². The summed E-state index contributed by atoms with van der Waals surface area (Å²) in [7, 11) is 3.81. The molecule has 0 atom stereocenters. The summed E-state index contributed by atoms with van der Waals surface area (Å²) in [5, 5.41) is 11.1. The van der Waals surface area contributed by atoms with E-state index in [9.17, 15) is 0 Å². The lowest BCUT2D eigenvalue weighted by Crippen LogP contribution is -2.28. The first-order chi connectivity index (χ1) is 7.69. The molecule has 0 saturated carbocycles. The quantitative estimate of drug-likeness (QED) is 0.772. The molecule has 0 aliphatic rings.